The van der Waals surface area contributed by atoms with Crippen molar-refractivity contribution in [3.05, 3.63) is 59.4 Å². The number of ether oxygens (including phenoxy) is 1. The molecule has 4 rings (SSSR count). The van der Waals surface area contributed by atoms with E-state index in [1.807, 2.05) is 35.2 Å². The van der Waals surface area contributed by atoms with Gasteiger partial charge in [-0.05, 0) is 36.8 Å². The highest BCUT2D eigenvalue weighted by molar-refractivity contribution is 8.14. The Labute approximate surface area is 178 Å². The molecular weight excluding hydrogens is 435 g/mol. The first-order chi connectivity index (χ1) is 13.9. The van der Waals surface area contributed by atoms with Gasteiger partial charge in [0.15, 0.2) is 15.0 Å². The van der Waals surface area contributed by atoms with Crippen LogP contribution in [0.4, 0.5) is 10.1 Å². The maximum Gasteiger partial charge on any atom is 0.164 e. The van der Waals surface area contributed by atoms with Gasteiger partial charge in [0.1, 0.15) is 11.6 Å². The molecule has 2 atom stereocenters. The highest BCUT2D eigenvalue weighted by Gasteiger charge is 2.47. The van der Waals surface area contributed by atoms with Gasteiger partial charge < -0.3 is 9.64 Å². The molecule has 1 fully saturated rings. The summed E-state index contributed by atoms with van der Waals surface area (Å²) < 4.78 is 43.5. The van der Waals surface area contributed by atoms with E-state index >= 15 is 0 Å². The third-order valence-electron chi connectivity index (χ3n) is 4.82. The lowest BCUT2D eigenvalue weighted by molar-refractivity contribution is 0.319. The number of para-hydroxylation sites is 1. The molecule has 0 N–H and O–H groups in total. The van der Waals surface area contributed by atoms with Crippen LogP contribution in [0.25, 0.3) is 0 Å². The van der Waals surface area contributed by atoms with E-state index in [4.69, 9.17) is 16.3 Å². The third kappa shape index (κ3) is 4.70. The molecule has 0 radical (unpaired) electrons. The van der Waals surface area contributed by atoms with E-state index < -0.39 is 15.7 Å². The van der Waals surface area contributed by atoms with Crippen LogP contribution in [-0.4, -0.2) is 49.5 Å². The van der Waals surface area contributed by atoms with Crippen LogP contribution in [0.15, 0.2) is 53.5 Å². The Kier molecular flexibility index (Phi) is 6.03. The van der Waals surface area contributed by atoms with Crippen LogP contribution in [0.1, 0.15) is 6.42 Å². The van der Waals surface area contributed by atoms with Crippen LogP contribution in [0.2, 0.25) is 5.02 Å². The zero-order valence-corrected chi connectivity index (χ0v) is 17.9. The number of rotatable bonds is 6. The standard InChI is InChI=1S/C20H20ClFN2O3S2/c21-16-11-14(7-8-17(16)22)24-19-13-29(25,26)12-18(19)23-20(24)28-10-4-9-27-15-5-2-1-3-6-15/h1-3,5-8,11,18-19H,4,9-10,12-13H2. The van der Waals surface area contributed by atoms with Crippen molar-refractivity contribution >= 4 is 44.1 Å². The lowest BCUT2D eigenvalue weighted by Gasteiger charge is -2.26. The molecule has 9 heteroatoms. The summed E-state index contributed by atoms with van der Waals surface area (Å²) in [6.07, 6.45) is 0.810. The number of aliphatic imine (C=N–C) groups is 1. The van der Waals surface area contributed by atoms with Crippen molar-refractivity contribution in [1.82, 2.24) is 0 Å². The largest absolute Gasteiger partial charge is 0.494 e. The molecule has 2 aliphatic heterocycles. The number of hydrogen-bond acceptors (Lipinski definition) is 6. The Balaban J connectivity index is 1.43. The fourth-order valence-electron chi connectivity index (χ4n) is 3.50. The average Bonchev–Trinajstić information content (AvgIpc) is 3.15. The van der Waals surface area contributed by atoms with Crippen LogP contribution in [0.5, 0.6) is 5.75 Å². The van der Waals surface area contributed by atoms with Crippen molar-refractivity contribution in [1.29, 1.82) is 0 Å². The van der Waals surface area contributed by atoms with Gasteiger partial charge in [0.05, 0.1) is 35.2 Å². The van der Waals surface area contributed by atoms with E-state index in [2.05, 4.69) is 4.99 Å². The highest BCUT2D eigenvalue weighted by atomic mass is 35.5. The monoisotopic (exact) mass is 454 g/mol. The molecule has 2 aromatic carbocycles. The van der Waals surface area contributed by atoms with Gasteiger partial charge >= 0.3 is 0 Å². The molecule has 0 bridgehead atoms. The fourth-order valence-corrected chi connectivity index (χ4v) is 6.55. The van der Waals surface area contributed by atoms with Gasteiger partial charge in [0, 0.05) is 11.4 Å². The van der Waals surface area contributed by atoms with Crippen LogP contribution in [0, 0.1) is 5.82 Å². The van der Waals surface area contributed by atoms with Gasteiger partial charge in [-0.25, -0.2) is 12.8 Å². The van der Waals surface area contributed by atoms with Crippen molar-refractivity contribution in [2.75, 3.05) is 28.8 Å². The van der Waals surface area contributed by atoms with Crippen molar-refractivity contribution in [3.8, 4) is 5.75 Å². The van der Waals surface area contributed by atoms with Crippen LogP contribution < -0.4 is 9.64 Å². The van der Waals surface area contributed by atoms with E-state index in [0.29, 0.717) is 12.3 Å². The van der Waals surface area contributed by atoms with Gasteiger partial charge in [-0.2, -0.15) is 0 Å². The Bertz CT molecular complexity index is 1020. The second-order valence-electron chi connectivity index (χ2n) is 6.96. The predicted molar refractivity (Wildman–Crippen MR) is 117 cm³/mol. The van der Waals surface area contributed by atoms with Crippen molar-refractivity contribution in [3.63, 3.8) is 0 Å². The molecule has 0 saturated carbocycles. The van der Waals surface area contributed by atoms with E-state index in [1.54, 1.807) is 17.8 Å². The minimum atomic E-state index is -3.13. The van der Waals surface area contributed by atoms with Gasteiger partial charge in [-0.15, -0.1) is 0 Å². The third-order valence-corrected chi connectivity index (χ3v) is 7.86. The van der Waals surface area contributed by atoms with Crippen LogP contribution in [-0.2, 0) is 9.84 Å². The topological polar surface area (TPSA) is 59.0 Å². The molecular formula is C20H20ClFN2O3S2. The van der Waals surface area contributed by atoms with Gasteiger partial charge in [0.2, 0.25) is 0 Å². The van der Waals surface area contributed by atoms with Crippen molar-refractivity contribution in [2.24, 2.45) is 4.99 Å². The minimum absolute atomic E-state index is 0.00687. The van der Waals surface area contributed by atoms with Crippen molar-refractivity contribution < 1.29 is 17.5 Å². The summed E-state index contributed by atoms with van der Waals surface area (Å²) in [7, 11) is -3.13. The average molecular weight is 455 g/mol. The molecule has 1 saturated heterocycles. The maximum atomic E-state index is 13.6. The molecule has 2 aliphatic rings. The van der Waals surface area contributed by atoms with Gasteiger partial charge in [0.25, 0.3) is 0 Å². The second kappa shape index (κ2) is 8.53. The second-order valence-corrected chi connectivity index (χ2v) is 10.6. The van der Waals surface area contributed by atoms with Crippen LogP contribution in [0.3, 0.4) is 0 Å². The number of nitrogens with zero attached hydrogens (tertiary/aromatic N) is 2. The maximum absolute atomic E-state index is 13.6. The van der Waals surface area contributed by atoms with Crippen LogP contribution >= 0.6 is 23.4 Å². The number of halogens is 2. The van der Waals surface area contributed by atoms with E-state index in [9.17, 15) is 12.8 Å². The van der Waals surface area contributed by atoms with Gasteiger partial charge in [-0.1, -0.05) is 41.6 Å². The van der Waals surface area contributed by atoms with E-state index in [0.717, 1.165) is 23.1 Å². The molecule has 0 aliphatic carbocycles. The van der Waals surface area contributed by atoms with E-state index in [1.165, 1.54) is 12.1 Å². The smallest absolute Gasteiger partial charge is 0.164 e. The summed E-state index contributed by atoms with van der Waals surface area (Å²) >= 11 is 7.51. The fraction of sp³-hybridized carbons (Fsp3) is 0.350. The summed E-state index contributed by atoms with van der Waals surface area (Å²) in [4.78, 5) is 6.55. The molecule has 0 spiro atoms. The summed E-state index contributed by atoms with van der Waals surface area (Å²) in [5, 5.41) is 0.754. The Hall–Kier alpha value is -1.77. The number of amidine groups is 1. The first kappa shape index (κ1) is 20.5. The predicted octanol–water partition coefficient (Wildman–Crippen LogP) is 4.02. The lowest BCUT2D eigenvalue weighted by atomic mass is 10.1. The minimum Gasteiger partial charge on any atom is -0.494 e. The van der Waals surface area contributed by atoms with Gasteiger partial charge in [-0.3, -0.25) is 4.99 Å². The number of thioether (sulfide) groups is 1. The zero-order chi connectivity index (χ0) is 20.4. The number of benzene rings is 2. The molecule has 0 amide bonds. The molecule has 29 heavy (non-hydrogen) atoms. The molecule has 2 unspecified atom stereocenters. The number of sulfone groups is 1. The summed E-state index contributed by atoms with van der Waals surface area (Å²) in [5.41, 5.74) is 0.660. The molecule has 5 nitrogen and oxygen atoms in total. The normalized spacial score (nSPS) is 22.4. The first-order valence-electron chi connectivity index (χ1n) is 9.26. The Morgan fingerprint density at radius 1 is 1.21 bits per heavy atom. The number of fused-ring (bicyclic) bond motifs is 1. The Morgan fingerprint density at radius 3 is 2.76 bits per heavy atom. The number of anilines is 1. The molecule has 0 aromatic heterocycles. The molecule has 2 aromatic rings. The van der Waals surface area contributed by atoms with Crippen molar-refractivity contribution in [2.45, 2.75) is 18.5 Å². The number of hydrogen-bond donors (Lipinski definition) is 0. The molecule has 2 heterocycles. The summed E-state index contributed by atoms with van der Waals surface area (Å²) in [6.45, 7) is 0.577. The molecule has 154 valence electrons. The van der Waals surface area contributed by atoms with E-state index in [-0.39, 0.29) is 28.6 Å². The SMILES string of the molecule is O=S1(=O)CC2N=C(SCCCOc3ccccc3)N(c3ccc(F)c(Cl)c3)C2C1. The summed E-state index contributed by atoms with van der Waals surface area (Å²) in [6, 6.07) is 13.5. The zero-order valence-electron chi connectivity index (χ0n) is 15.5. The summed E-state index contributed by atoms with van der Waals surface area (Å²) in [5.74, 6) is 1.18. The first-order valence-corrected chi connectivity index (χ1v) is 12.4. The quantitative estimate of drug-likeness (QED) is 0.617. The Morgan fingerprint density at radius 2 is 2.00 bits per heavy atom. The lowest BCUT2D eigenvalue weighted by Crippen LogP contribution is -2.39. The highest BCUT2D eigenvalue weighted by Crippen LogP contribution is 2.36.